The van der Waals surface area contributed by atoms with E-state index in [-0.39, 0.29) is 23.2 Å². The fraction of sp³-hybridized carbons (Fsp3) is 0.218. The average Bonchev–Trinajstić information content (AvgIpc) is 3.26. The summed E-state index contributed by atoms with van der Waals surface area (Å²) in [4.78, 5) is 14.3. The minimum atomic E-state index is -1.11. The van der Waals surface area contributed by atoms with Gasteiger partial charge in [0, 0.05) is 36.0 Å². The van der Waals surface area contributed by atoms with Gasteiger partial charge in [-0.1, -0.05) is 147 Å². The molecule has 1 aliphatic heterocycles. The molecule has 1 aliphatic rings. The Bertz CT molecular complexity index is 2330. The topological polar surface area (TPSA) is 35.5 Å². The highest BCUT2D eigenvalue weighted by molar-refractivity contribution is 7.66. The van der Waals surface area contributed by atoms with Gasteiger partial charge >= 0.3 is 0 Å². The van der Waals surface area contributed by atoms with Crippen LogP contribution in [-0.4, -0.2) is 20.0 Å². The van der Waals surface area contributed by atoms with Gasteiger partial charge in [-0.15, -0.1) is 0 Å². The van der Waals surface area contributed by atoms with Crippen LogP contribution in [-0.2, 0) is 4.79 Å². The maximum absolute atomic E-state index is 14.3. The lowest BCUT2D eigenvalue weighted by Gasteiger charge is -2.43. The van der Waals surface area contributed by atoms with Crippen LogP contribution in [0.15, 0.2) is 164 Å². The lowest BCUT2D eigenvalue weighted by Crippen LogP contribution is -2.30. The van der Waals surface area contributed by atoms with Crippen LogP contribution in [0.4, 0.5) is 0 Å². The summed E-state index contributed by atoms with van der Waals surface area (Å²) in [5, 5.41) is 1.39. The number of hydrogen-bond acceptors (Lipinski definition) is 3. The van der Waals surface area contributed by atoms with Crippen LogP contribution in [0.3, 0.4) is 0 Å². The van der Waals surface area contributed by atoms with Crippen molar-refractivity contribution >= 4 is 19.0 Å². The maximum atomic E-state index is 14.3. The summed E-state index contributed by atoms with van der Waals surface area (Å²) in [6.07, 6.45) is 0.967. The van der Waals surface area contributed by atoms with Crippen molar-refractivity contribution in [3.8, 4) is 11.5 Å². The molecule has 4 heteroatoms. The zero-order chi connectivity index (χ0) is 41.0. The van der Waals surface area contributed by atoms with Crippen molar-refractivity contribution in [3.63, 3.8) is 0 Å². The lowest BCUT2D eigenvalue weighted by atomic mass is 9.77. The second-order valence-electron chi connectivity index (χ2n) is 16.0. The monoisotopic (exact) mass is 792 g/mol. The first-order chi connectivity index (χ1) is 28.8. The number of rotatable bonds is 11. The molecule has 1 heterocycles. The van der Waals surface area contributed by atoms with Gasteiger partial charge in [-0.2, -0.15) is 0 Å². The first-order valence-electron chi connectivity index (χ1n) is 20.7. The van der Waals surface area contributed by atoms with E-state index in [1.807, 2.05) is 0 Å². The number of aryl methyl sites for hydroxylation is 4. The summed E-state index contributed by atoms with van der Waals surface area (Å²) in [7, 11) is 2.31. The molecule has 0 spiro atoms. The van der Waals surface area contributed by atoms with E-state index in [1.165, 1.54) is 72.1 Å². The molecule has 1 fully saturated rings. The number of carbonyl (C=O) groups excluding carboxylic acids is 1. The standard InChI is InChI=1S/C55H53O3P/c1-36-16-13-17-37(2)51(36)53(42-20-9-7-10-21-42)47-24-15-25-48(54(43-22-11-8-12-23-43)52-38(3)18-14-19-39(52)4)55(47)59-49(40-26-30-45(57-5)31-27-40)34-44(56)35-50(59)41-28-32-46(58-6)33-29-41/h7-33,49-50,53-54H,34-35H2,1-6H3. The van der Waals surface area contributed by atoms with E-state index >= 15 is 0 Å². The van der Waals surface area contributed by atoms with E-state index in [2.05, 4.69) is 191 Å². The summed E-state index contributed by atoms with van der Waals surface area (Å²) in [5.41, 5.74) is 15.2. The van der Waals surface area contributed by atoms with Crippen molar-refractivity contribution in [1.82, 2.24) is 0 Å². The number of hydrogen-bond donors (Lipinski definition) is 0. The molecule has 4 unspecified atom stereocenters. The molecular formula is C55H53O3P. The molecule has 4 atom stereocenters. The molecule has 0 N–H and O–H groups in total. The molecule has 0 aromatic heterocycles. The van der Waals surface area contributed by atoms with Crippen LogP contribution in [0.2, 0.25) is 0 Å². The Morgan fingerprint density at radius 3 is 1.17 bits per heavy atom. The van der Waals surface area contributed by atoms with Gasteiger partial charge in [0.2, 0.25) is 0 Å². The molecule has 0 bridgehead atoms. The van der Waals surface area contributed by atoms with Gasteiger partial charge in [0.05, 0.1) is 14.2 Å². The van der Waals surface area contributed by atoms with Crippen molar-refractivity contribution in [2.45, 2.75) is 63.7 Å². The summed E-state index contributed by atoms with van der Waals surface area (Å²) in [6.45, 7) is 9.04. The predicted molar refractivity (Wildman–Crippen MR) is 245 cm³/mol. The van der Waals surface area contributed by atoms with Crippen molar-refractivity contribution in [1.29, 1.82) is 0 Å². The Kier molecular flexibility index (Phi) is 12.0. The van der Waals surface area contributed by atoms with Crippen molar-refractivity contribution < 1.29 is 14.3 Å². The Hall–Kier alpha value is -5.76. The minimum Gasteiger partial charge on any atom is -0.497 e. The average molecular weight is 793 g/mol. The highest BCUT2D eigenvalue weighted by Crippen LogP contribution is 2.68. The predicted octanol–water partition coefficient (Wildman–Crippen LogP) is 13.3. The van der Waals surface area contributed by atoms with E-state index in [1.54, 1.807) is 14.2 Å². The first-order valence-corrected chi connectivity index (χ1v) is 22.2. The number of carbonyl (C=O) groups is 1. The highest BCUT2D eigenvalue weighted by Gasteiger charge is 2.43. The lowest BCUT2D eigenvalue weighted by molar-refractivity contribution is -0.119. The number of ketones is 1. The van der Waals surface area contributed by atoms with Crippen LogP contribution in [0.25, 0.3) is 0 Å². The minimum absolute atomic E-state index is 0.0343. The quantitative estimate of drug-likeness (QED) is 0.0967. The number of ether oxygens (including phenoxy) is 2. The van der Waals surface area contributed by atoms with E-state index in [0.29, 0.717) is 18.6 Å². The van der Waals surface area contributed by atoms with E-state index < -0.39 is 7.92 Å². The van der Waals surface area contributed by atoms with Crippen molar-refractivity contribution in [2.75, 3.05) is 14.2 Å². The SMILES string of the molecule is COc1ccc(C2CC(=O)CC(c3ccc(OC)cc3)P2c2c(C(c3ccccc3)c3c(C)cccc3C)cccc2C(c2ccccc2)c2c(C)cccc2C)cc1. The molecule has 0 aliphatic carbocycles. The van der Waals surface area contributed by atoms with Gasteiger partial charge in [0.15, 0.2) is 0 Å². The maximum Gasteiger partial charge on any atom is 0.134 e. The Balaban J connectivity index is 1.53. The second kappa shape index (κ2) is 17.6. The molecule has 7 aromatic carbocycles. The van der Waals surface area contributed by atoms with Crippen LogP contribution >= 0.6 is 7.92 Å². The fourth-order valence-electron chi connectivity index (χ4n) is 9.65. The third kappa shape index (κ3) is 8.02. The van der Waals surface area contributed by atoms with Crippen molar-refractivity contribution in [2.24, 2.45) is 0 Å². The highest BCUT2D eigenvalue weighted by atomic mass is 31.1. The van der Waals surface area contributed by atoms with Crippen LogP contribution < -0.4 is 14.8 Å². The Morgan fingerprint density at radius 1 is 0.458 bits per heavy atom. The number of benzene rings is 7. The molecule has 0 radical (unpaired) electrons. The van der Waals surface area contributed by atoms with E-state index in [0.717, 1.165) is 11.5 Å². The van der Waals surface area contributed by atoms with Crippen LogP contribution in [0.5, 0.6) is 11.5 Å². The summed E-state index contributed by atoms with van der Waals surface area (Å²) >= 11 is 0. The molecule has 7 aromatic rings. The normalized spacial score (nSPS) is 17.6. The smallest absolute Gasteiger partial charge is 0.134 e. The molecule has 3 nitrogen and oxygen atoms in total. The van der Waals surface area contributed by atoms with Crippen LogP contribution in [0.1, 0.15) is 103 Å². The fourth-order valence-corrected chi connectivity index (χ4v) is 13.5. The third-order valence-electron chi connectivity index (χ3n) is 12.4. The zero-order valence-corrected chi connectivity index (χ0v) is 35.9. The number of methoxy groups -OCH3 is 2. The summed E-state index contributed by atoms with van der Waals surface area (Å²) in [5.74, 6) is 1.83. The van der Waals surface area contributed by atoms with Gasteiger partial charge < -0.3 is 9.47 Å². The van der Waals surface area contributed by atoms with Gasteiger partial charge in [-0.3, -0.25) is 4.79 Å². The summed E-state index contributed by atoms with van der Waals surface area (Å²) < 4.78 is 11.3. The molecule has 8 rings (SSSR count). The Morgan fingerprint density at radius 2 is 0.814 bits per heavy atom. The third-order valence-corrected chi connectivity index (χ3v) is 15.8. The first kappa shape index (κ1) is 40.0. The van der Waals surface area contributed by atoms with Crippen molar-refractivity contribution in [3.05, 3.63) is 231 Å². The van der Waals surface area contributed by atoms with Gasteiger partial charge in [-0.05, 0) is 124 Å². The Labute approximate surface area is 351 Å². The molecule has 0 saturated carbocycles. The van der Waals surface area contributed by atoms with Gasteiger partial charge in [0.25, 0.3) is 0 Å². The molecule has 59 heavy (non-hydrogen) atoms. The zero-order valence-electron chi connectivity index (χ0n) is 35.0. The molecule has 296 valence electrons. The molecule has 1 saturated heterocycles. The van der Waals surface area contributed by atoms with Gasteiger partial charge in [-0.25, -0.2) is 0 Å². The number of Topliss-reactive ketones (excluding diaryl/α,β-unsaturated/α-hetero) is 1. The van der Waals surface area contributed by atoms with Gasteiger partial charge in [0.1, 0.15) is 17.3 Å². The van der Waals surface area contributed by atoms with E-state index in [9.17, 15) is 4.79 Å². The van der Waals surface area contributed by atoms with E-state index in [4.69, 9.17) is 9.47 Å². The largest absolute Gasteiger partial charge is 0.497 e. The molecular weight excluding hydrogens is 740 g/mol. The summed E-state index contributed by atoms with van der Waals surface area (Å²) in [6, 6.07) is 59.7. The molecule has 0 amide bonds. The second-order valence-corrected chi connectivity index (χ2v) is 18.5. The van der Waals surface area contributed by atoms with Crippen LogP contribution in [0, 0.1) is 27.7 Å².